The van der Waals surface area contributed by atoms with E-state index in [0.717, 1.165) is 0 Å². The van der Waals surface area contributed by atoms with Crippen molar-refractivity contribution in [2.24, 2.45) is 0 Å². The zero-order valence-corrected chi connectivity index (χ0v) is 10.3. The summed E-state index contributed by atoms with van der Waals surface area (Å²) >= 11 is 0. The first-order valence-corrected chi connectivity index (χ1v) is 5.48. The van der Waals surface area contributed by atoms with E-state index in [4.69, 9.17) is 0 Å². The lowest BCUT2D eigenvalue weighted by Crippen LogP contribution is -2.03. The van der Waals surface area contributed by atoms with E-state index in [1.54, 1.807) is 19.1 Å². The first-order valence-electron chi connectivity index (χ1n) is 5.48. The maximum atomic E-state index is 13.6. The van der Waals surface area contributed by atoms with Gasteiger partial charge in [-0.2, -0.15) is 0 Å². The highest BCUT2D eigenvalue weighted by molar-refractivity contribution is 5.76. The smallest absolute Gasteiger partial charge is 0.337 e. The molecular weight excluding hydrogens is 251 g/mol. The molecule has 0 amide bonds. The minimum Gasteiger partial charge on any atom is -0.367 e. The van der Waals surface area contributed by atoms with E-state index in [-0.39, 0.29) is 17.2 Å². The fourth-order valence-corrected chi connectivity index (χ4v) is 1.69. The zero-order chi connectivity index (χ0) is 14.0. The molecule has 1 aromatic carbocycles. The molecule has 0 fully saturated rings. The second kappa shape index (κ2) is 4.97. The molecule has 0 saturated carbocycles. The van der Waals surface area contributed by atoms with Crippen LogP contribution < -0.4 is 5.32 Å². The van der Waals surface area contributed by atoms with Gasteiger partial charge in [0.25, 0.3) is 0 Å². The maximum absolute atomic E-state index is 13.6. The third-order valence-electron chi connectivity index (χ3n) is 2.69. The predicted octanol–water partition coefficient (Wildman–Crippen LogP) is 2.54. The molecule has 7 heteroatoms. The molecular formula is C12H11FN4O2. The van der Waals surface area contributed by atoms with E-state index in [1.165, 1.54) is 19.4 Å². The quantitative estimate of drug-likeness (QED) is 0.679. The van der Waals surface area contributed by atoms with Crippen molar-refractivity contribution in [2.45, 2.75) is 6.92 Å². The van der Waals surface area contributed by atoms with Crippen LogP contribution in [-0.4, -0.2) is 21.9 Å². The number of nitrogens with zero attached hydrogens (tertiary/aromatic N) is 3. The molecule has 2 rings (SSSR count). The molecule has 98 valence electrons. The first kappa shape index (κ1) is 12.9. The van der Waals surface area contributed by atoms with Crippen molar-refractivity contribution in [3.05, 3.63) is 46.0 Å². The van der Waals surface area contributed by atoms with Gasteiger partial charge in [0.15, 0.2) is 5.69 Å². The number of halogens is 1. The summed E-state index contributed by atoms with van der Waals surface area (Å²) in [6.45, 7) is 1.62. The summed E-state index contributed by atoms with van der Waals surface area (Å²) in [6.07, 6.45) is 1.20. The van der Waals surface area contributed by atoms with Crippen LogP contribution in [0.2, 0.25) is 0 Å². The van der Waals surface area contributed by atoms with E-state index in [1.807, 2.05) is 0 Å². The van der Waals surface area contributed by atoms with Crippen LogP contribution in [0.3, 0.4) is 0 Å². The number of aromatic nitrogens is 2. The van der Waals surface area contributed by atoms with Gasteiger partial charge in [-0.15, -0.1) is 0 Å². The lowest BCUT2D eigenvalue weighted by atomic mass is 10.1. The number of benzene rings is 1. The van der Waals surface area contributed by atoms with E-state index in [0.29, 0.717) is 11.1 Å². The average Bonchev–Trinajstić information content (AvgIpc) is 2.40. The molecule has 0 aliphatic carbocycles. The van der Waals surface area contributed by atoms with Gasteiger partial charge in [-0.3, -0.25) is 10.1 Å². The number of nitro groups is 1. The minimum atomic E-state index is -0.584. The van der Waals surface area contributed by atoms with Crippen molar-refractivity contribution < 1.29 is 9.31 Å². The van der Waals surface area contributed by atoms with Crippen LogP contribution in [0.4, 0.5) is 15.9 Å². The standard InChI is InChI=1S/C12H11FN4O2/c1-7-3-4-8(5-9(7)13)10-11(17(18)19)12(14-2)16-6-15-10/h3-6H,1-2H3,(H,14,15,16). The van der Waals surface area contributed by atoms with Crippen molar-refractivity contribution in [1.29, 1.82) is 0 Å². The summed E-state index contributed by atoms with van der Waals surface area (Å²) in [4.78, 5) is 18.2. The highest BCUT2D eigenvalue weighted by Crippen LogP contribution is 2.32. The summed E-state index contributed by atoms with van der Waals surface area (Å²) in [6, 6.07) is 4.37. The van der Waals surface area contributed by atoms with Gasteiger partial charge in [-0.1, -0.05) is 12.1 Å². The minimum absolute atomic E-state index is 0.0863. The molecule has 0 aliphatic heterocycles. The van der Waals surface area contributed by atoms with Crippen molar-refractivity contribution in [3.63, 3.8) is 0 Å². The molecule has 6 nitrogen and oxygen atoms in total. The third-order valence-corrected chi connectivity index (χ3v) is 2.69. The van der Waals surface area contributed by atoms with E-state index < -0.39 is 10.7 Å². The molecule has 0 atom stereocenters. The fraction of sp³-hybridized carbons (Fsp3) is 0.167. The van der Waals surface area contributed by atoms with Crippen molar-refractivity contribution >= 4 is 11.5 Å². The second-order valence-electron chi connectivity index (χ2n) is 3.89. The lowest BCUT2D eigenvalue weighted by Gasteiger charge is -2.06. The van der Waals surface area contributed by atoms with Gasteiger partial charge >= 0.3 is 5.69 Å². The van der Waals surface area contributed by atoms with Crippen LogP contribution in [0, 0.1) is 22.9 Å². The zero-order valence-electron chi connectivity index (χ0n) is 10.3. The van der Waals surface area contributed by atoms with Crippen LogP contribution in [0.25, 0.3) is 11.3 Å². The highest BCUT2D eigenvalue weighted by atomic mass is 19.1. The van der Waals surface area contributed by atoms with E-state index in [9.17, 15) is 14.5 Å². The molecule has 1 heterocycles. The fourth-order valence-electron chi connectivity index (χ4n) is 1.69. The van der Waals surface area contributed by atoms with Crippen molar-refractivity contribution in [1.82, 2.24) is 9.97 Å². The van der Waals surface area contributed by atoms with Crippen LogP contribution in [0.1, 0.15) is 5.56 Å². The number of rotatable bonds is 3. The molecule has 2 aromatic rings. The molecule has 0 aliphatic rings. The Bertz CT molecular complexity index is 646. The molecule has 19 heavy (non-hydrogen) atoms. The first-order chi connectivity index (χ1) is 9.04. The van der Waals surface area contributed by atoms with Crippen molar-refractivity contribution in [2.75, 3.05) is 12.4 Å². The Labute approximate surface area is 108 Å². The highest BCUT2D eigenvalue weighted by Gasteiger charge is 2.23. The van der Waals surface area contributed by atoms with Gasteiger partial charge in [0.2, 0.25) is 5.82 Å². The Morgan fingerprint density at radius 1 is 1.37 bits per heavy atom. The van der Waals surface area contributed by atoms with Gasteiger partial charge in [0, 0.05) is 12.6 Å². The molecule has 1 N–H and O–H groups in total. The third kappa shape index (κ3) is 2.35. The average molecular weight is 262 g/mol. The van der Waals surface area contributed by atoms with Gasteiger partial charge in [-0.25, -0.2) is 14.4 Å². The molecule has 0 bridgehead atoms. The number of anilines is 1. The Morgan fingerprint density at radius 2 is 2.11 bits per heavy atom. The number of hydrogen-bond acceptors (Lipinski definition) is 5. The largest absolute Gasteiger partial charge is 0.367 e. The van der Waals surface area contributed by atoms with Crippen LogP contribution in [0.15, 0.2) is 24.5 Å². The Kier molecular flexibility index (Phi) is 3.37. The summed E-state index contributed by atoms with van der Waals surface area (Å²) in [5, 5.41) is 13.7. The Morgan fingerprint density at radius 3 is 2.68 bits per heavy atom. The monoisotopic (exact) mass is 262 g/mol. The molecule has 0 spiro atoms. The van der Waals surface area contributed by atoms with Crippen LogP contribution in [0.5, 0.6) is 0 Å². The maximum Gasteiger partial charge on any atom is 0.337 e. The second-order valence-corrected chi connectivity index (χ2v) is 3.89. The lowest BCUT2D eigenvalue weighted by molar-refractivity contribution is -0.383. The number of hydrogen-bond donors (Lipinski definition) is 1. The van der Waals surface area contributed by atoms with Crippen LogP contribution in [-0.2, 0) is 0 Å². The van der Waals surface area contributed by atoms with Gasteiger partial charge in [-0.05, 0) is 18.6 Å². The molecule has 0 unspecified atom stereocenters. The van der Waals surface area contributed by atoms with E-state index in [2.05, 4.69) is 15.3 Å². The Balaban J connectivity index is 2.67. The summed E-state index contributed by atoms with van der Waals surface area (Å²) < 4.78 is 13.6. The summed E-state index contributed by atoms with van der Waals surface area (Å²) in [5.74, 6) is -0.340. The Hall–Kier alpha value is -2.57. The molecule has 0 saturated heterocycles. The SMILES string of the molecule is CNc1ncnc(-c2ccc(C)c(F)c2)c1[N+](=O)[O-]. The normalized spacial score (nSPS) is 10.3. The van der Waals surface area contributed by atoms with Gasteiger partial charge in [0.1, 0.15) is 12.1 Å². The number of nitrogens with one attached hydrogen (secondary N) is 1. The van der Waals surface area contributed by atoms with Crippen LogP contribution >= 0.6 is 0 Å². The predicted molar refractivity (Wildman–Crippen MR) is 68.4 cm³/mol. The summed E-state index contributed by atoms with van der Waals surface area (Å²) in [7, 11) is 1.52. The summed E-state index contributed by atoms with van der Waals surface area (Å²) in [5.41, 5.74) is 0.625. The number of aryl methyl sites for hydroxylation is 1. The van der Waals surface area contributed by atoms with Gasteiger partial charge in [0.05, 0.1) is 4.92 Å². The van der Waals surface area contributed by atoms with Crippen molar-refractivity contribution in [3.8, 4) is 11.3 Å². The van der Waals surface area contributed by atoms with E-state index >= 15 is 0 Å². The topological polar surface area (TPSA) is 81.0 Å². The molecule has 1 aromatic heterocycles. The van der Waals surface area contributed by atoms with Gasteiger partial charge < -0.3 is 5.32 Å². The molecule has 0 radical (unpaired) electrons.